The monoisotopic (exact) mass is 349 g/mol. The highest BCUT2D eigenvalue weighted by Gasteiger charge is 2.31. The Hall–Kier alpha value is -3.22. The average molecular weight is 349 g/mol. The first kappa shape index (κ1) is 16.3. The first-order chi connectivity index (χ1) is 12.6. The van der Waals surface area contributed by atoms with Crippen molar-refractivity contribution in [1.29, 1.82) is 0 Å². The number of aryl methyl sites for hydroxylation is 1. The molecule has 3 heterocycles. The summed E-state index contributed by atoms with van der Waals surface area (Å²) in [6.07, 6.45) is 0.780. The number of hydrogen-bond acceptors (Lipinski definition) is 4. The highest BCUT2D eigenvalue weighted by Crippen LogP contribution is 2.25. The lowest BCUT2D eigenvalue weighted by molar-refractivity contribution is 0.0665. The zero-order chi connectivity index (χ0) is 18.1. The summed E-state index contributed by atoms with van der Waals surface area (Å²) >= 11 is 0. The molecule has 1 aromatic carbocycles. The summed E-state index contributed by atoms with van der Waals surface area (Å²) < 4.78 is 2.12. The third-order valence-corrected chi connectivity index (χ3v) is 4.67. The maximum Gasteiger partial charge on any atom is 0.270 e. The predicted molar refractivity (Wildman–Crippen MR) is 95.7 cm³/mol. The number of carbonyl (C=O) groups excluding carboxylic acids is 1. The molecule has 0 unspecified atom stereocenters. The van der Waals surface area contributed by atoms with Crippen LogP contribution in [0.25, 0.3) is 0 Å². The lowest BCUT2D eigenvalue weighted by Gasteiger charge is -2.34. The fraction of sp³-hybridized carbons (Fsp3) is 0.263. The first-order valence-electron chi connectivity index (χ1n) is 8.55. The molecule has 26 heavy (non-hydrogen) atoms. The molecule has 0 saturated carbocycles. The predicted octanol–water partition coefficient (Wildman–Crippen LogP) is 1.71. The second-order valence-electron chi connectivity index (χ2n) is 6.49. The van der Waals surface area contributed by atoms with Gasteiger partial charge in [-0.15, -0.1) is 10.2 Å². The Balaban J connectivity index is 1.65. The van der Waals surface area contributed by atoms with E-state index in [-0.39, 0.29) is 17.5 Å². The Morgan fingerprint density at radius 1 is 1.15 bits per heavy atom. The van der Waals surface area contributed by atoms with E-state index in [0.29, 0.717) is 18.8 Å². The molecular weight excluding hydrogens is 330 g/mol. The molecular formula is C19H19N5O2. The number of fused-ring (bicyclic) bond motifs is 1. The van der Waals surface area contributed by atoms with E-state index in [1.54, 1.807) is 17.0 Å². The van der Waals surface area contributed by atoms with E-state index >= 15 is 0 Å². The number of H-pyrrole nitrogens is 1. The summed E-state index contributed by atoms with van der Waals surface area (Å²) in [5, 5.41) is 8.43. The summed E-state index contributed by atoms with van der Waals surface area (Å²) in [5.74, 6) is 1.41. The fourth-order valence-corrected chi connectivity index (χ4v) is 3.51. The molecule has 1 amide bonds. The molecule has 0 bridgehead atoms. The number of aromatic nitrogens is 4. The lowest BCUT2D eigenvalue weighted by Crippen LogP contribution is -2.42. The van der Waals surface area contributed by atoms with Gasteiger partial charge < -0.3 is 14.5 Å². The van der Waals surface area contributed by atoms with E-state index in [9.17, 15) is 9.59 Å². The summed E-state index contributed by atoms with van der Waals surface area (Å²) in [5.41, 5.74) is 1.20. The number of hydrogen-bond donors (Lipinski definition) is 1. The SMILES string of the molecule is Cc1nnc2n1[C@H](Cc1ccccc1)CN(C(=O)c1cccc(=O)[nH]1)C2. The Morgan fingerprint density at radius 3 is 2.73 bits per heavy atom. The molecule has 1 N–H and O–H groups in total. The lowest BCUT2D eigenvalue weighted by atomic mass is 10.0. The topological polar surface area (TPSA) is 83.9 Å². The minimum Gasteiger partial charge on any atom is -0.328 e. The van der Waals surface area contributed by atoms with Gasteiger partial charge in [-0.25, -0.2) is 0 Å². The van der Waals surface area contributed by atoms with Gasteiger partial charge in [-0.1, -0.05) is 36.4 Å². The Labute approximate surface area is 150 Å². The minimum atomic E-state index is -0.285. The van der Waals surface area contributed by atoms with Gasteiger partial charge in [0.2, 0.25) is 5.56 Å². The molecule has 0 saturated heterocycles. The van der Waals surface area contributed by atoms with Crippen molar-refractivity contribution >= 4 is 5.91 Å². The van der Waals surface area contributed by atoms with Crippen molar-refractivity contribution in [1.82, 2.24) is 24.6 Å². The molecule has 1 aliphatic rings. The van der Waals surface area contributed by atoms with Gasteiger partial charge in [-0.3, -0.25) is 9.59 Å². The number of carbonyl (C=O) groups is 1. The van der Waals surface area contributed by atoms with Crippen LogP contribution in [0.3, 0.4) is 0 Å². The van der Waals surface area contributed by atoms with Crippen LogP contribution in [0, 0.1) is 6.92 Å². The molecule has 132 valence electrons. The molecule has 1 aliphatic heterocycles. The van der Waals surface area contributed by atoms with Crippen LogP contribution in [0.5, 0.6) is 0 Å². The van der Waals surface area contributed by atoms with Crippen molar-refractivity contribution in [3.63, 3.8) is 0 Å². The highest BCUT2D eigenvalue weighted by molar-refractivity contribution is 5.92. The van der Waals surface area contributed by atoms with Crippen LogP contribution in [0.1, 0.15) is 33.7 Å². The number of amides is 1. The first-order valence-corrected chi connectivity index (χ1v) is 8.55. The summed E-state index contributed by atoms with van der Waals surface area (Å²) in [6.45, 7) is 2.85. The fourth-order valence-electron chi connectivity index (χ4n) is 3.51. The van der Waals surface area contributed by atoms with Crippen LogP contribution in [0.4, 0.5) is 0 Å². The molecule has 1 atom stereocenters. The van der Waals surface area contributed by atoms with Crippen molar-refractivity contribution in [2.75, 3.05) is 6.54 Å². The summed E-state index contributed by atoms with van der Waals surface area (Å²) in [6, 6.07) is 14.8. The molecule has 3 aromatic rings. The molecule has 7 heteroatoms. The molecule has 0 aliphatic carbocycles. The average Bonchev–Trinajstić information content (AvgIpc) is 3.03. The normalized spacial score (nSPS) is 16.3. The van der Waals surface area contributed by atoms with Crippen molar-refractivity contribution < 1.29 is 4.79 Å². The Bertz CT molecular complexity index is 992. The van der Waals surface area contributed by atoms with E-state index < -0.39 is 0 Å². The molecule has 7 nitrogen and oxygen atoms in total. The summed E-state index contributed by atoms with van der Waals surface area (Å²) in [7, 11) is 0. The maximum atomic E-state index is 12.9. The highest BCUT2D eigenvalue weighted by atomic mass is 16.2. The number of aromatic amines is 1. The van der Waals surface area contributed by atoms with Gasteiger partial charge in [-0.2, -0.15) is 0 Å². The quantitative estimate of drug-likeness (QED) is 0.780. The smallest absolute Gasteiger partial charge is 0.270 e. The number of nitrogens with one attached hydrogen (secondary N) is 1. The van der Waals surface area contributed by atoms with Crippen molar-refractivity contribution in [2.24, 2.45) is 0 Å². The van der Waals surface area contributed by atoms with Crippen LogP contribution in [-0.2, 0) is 13.0 Å². The second kappa shape index (κ2) is 6.59. The second-order valence-corrected chi connectivity index (χ2v) is 6.49. The van der Waals surface area contributed by atoms with Crippen LogP contribution in [0.15, 0.2) is 53.3 Å². The largest absolute Gasteiger partial charge is 0.328 e. The number of nitrogens with zero attached hydrogens (tertiary/aromatic N) is 4. The van der Waals surface area contributed by atoms with Crippen molar-refractivity contribution in [3.05, 3.63) is 81.8 Å². The molecule has 0 fully saturated rings. The minimum absolute atomic E-state index is 0.0514. The number of benzene rings is 1. The third kappa shape index (κ3) is 3.03. The Kier molecular flexibility index (Phi) is 4.12. The van der Waals surface area contributed by atoms with Crippen LogP contribution in [0.2, 0.25) is 0 Å². The summed E-state index contributed by atoms with van der Waals surface area (Å²) in [4.78, 5) is 28.7. The van der Waals surface area contributed by atoms with E-state index in [1.165, 1.54) is 11.6 Å². The number of pyridine rings is 1. The van der Waals surface area contributed by atoms with E-state index in [0.717, 1.165) is 18.1 Å². The van der Waals surface area contributed by atoms with Gasteiger partial charge in [-0.05, 0) is 25.0 Å². The van der Waals surface area contributed by atoms with Crippen LogP contribution >= 0.6 is 0 Å². The standard InChI is InChI=1S/C19H19N5O2/c1-13-21-22-17-12-23(19(26)16-8-5-9-18(25)20-16)11-15(24(13)17)10-14-6-3-2-4-7-14/h2-9,15H,10-12H2,1H3,(H,20,25)/t15-/m1/s1. The van der Waals surface area contributed by atoms with Crippen molar-refractivity contribution in [2.45, 2.75) is 25.9 Å². The maximum absolute atomic E-state index is 12.9. The van der Waals surface area contributed by atoms with Gasteiger partial charge >= 0.3 is 0 Å². The molecule has 2 aromatic heterocycles. The van der Waals surface area contributed by atoms with E-state index in [1.807, 2.05) is 25.1 Å². The van der Waals surface area contributed by atoms with Gasteiger partial charge in [0.25, 0.3) is 5.91 Å². The Morgan fingerprint density at radius 2 is 1.96 bits per heavy atom. The van der Waals surface area contributed by atoms with Gasteiger partial charge in [0.1, 0.15) is 11.5 Å². The van der Waals surface area contributed by atoms with Gasteiger partial charge in [0.05, 0.1) is 12.6 Å². The van der Waals surface area contributed by atoms with Crippen molar-refractivity contribution in [3.8, 4) is 0 Å². The number of rotatable bonds is 3. The third-order valence-electron chi connectivity index (χ3n) is 4.67. The molecule has 0 radical (unpaired) electrons. The van der Waals surface area contributed by atoms with E-state index in [4.69, 9.17) is 0 Å². The van der Waals surface area contributed by atoms with Gasteiger partial charge in [0.15, 0.2) is 5.82 Å². The van der Waals surface area contributed by atoms with Crippen LogP contribution in [-0.4, -0.2) is 37.1 Å². The van der Waals surface area contributed by atoms with E-state index in [2.05, 4.69) is 31.9 Å². The zero-order valence-electron chi connectivity index (χ0n) is 14.4. The molecule has 4 rings (SSSR count). The van der Waals surface area contributed by atoms with Gasteiger partial charge in [0, 0.05) is 12.6 Å². The molecule has 0 spiro atoms. The van der Waals surface area contributed by atoms with Crippen LogP contribution < -0.4 is 5.56 Å². The zero-order valence-corrected chi connectivity index (χ0v) is 14.4.